The van der Waals surface area contributed by atoms with Crippen LogP contribution >= 0.6 is 0 Å². The highest BCUT2D eigenvalue weighted by atomic mass is 16.6. The van der Waals surface area contributed by atoms with E-state index in [4.69, 9.17) is 14.2 Å². The van der Waals surface area contributed by atoms with Gasteiger partial charge >= 0.3 is 5.97 Å². The van der Waals surface area contributed by atoms with Gasteiger partial charge in [-0.1, -0.05) is 18.2 Å². The van der Waals surface area contributed by atoms with Crippen LogP contribution in [0, 0.1) is 0 Å². The van der Waals surface area contributed by atoms with Gasteiger partial charge in [0, 0.05) is 31.9 Å². The van der Waals surface area contributed by atoms with Crippen LogP contribution in [-0.4, -0.2) is 47.7 Å². The molecule has 0 radical (unpaired) electrons. The van der Waals surface area contributed by atoms with Crippen molar-refractivity contribution >= 4 is 5.97 Å². The largest absolute Gasteiger partial charge is 0.460 e. The molecule has 0 saturated carbocycles. The van der Waals surface area contributed by atoms with Gasteiger partial charge in [-0.2, -0.15) is 0 Å². The van der Waals surface area contributed by atoms with Gasteiger partial charge in [0.25, 0.3) is 0 Å². The van der Waals surface area contributed by atoms with E-state index in [1.54, 1.807) is 6.20 Å². The minimum absolute atomic E-state index is 0.0173. The lowest BCUT2D eigenvalue weighted by Gasteiger charge is -2.33. The van der Waals surface area contributed by atoms with Crippen LogP contribution in [0.3, 0.4) is 0 Å². The van der Waals surface area contributed by atoms with E-state index in [1.165, 1.54) is 0 Å². The number of nitrogens with zero attached hydrogens (tertiary/aromatic N) is 2. The number of benzene rings is 1. The zero-order valence-corrected chi connectivity index (χ0v) is 16.8. The van der Waals surface area contributed by atoms with Crippen LogP contribution < -0.4 is 4.74 Å². The summed E-state index contributed by atoms with van der Waals surface area (Å²) in [7, 11) is 0. The van der Waals surface area contributed by atoms with Crippen LogP contribution in [0.15, 0.2) is 48.7 Å². The average molecular weight is 384 g/mol. The van der Waals surface area contributed by atoms with Gasteiger partial charge in [0.1, 0.15) is 11.4 Å². The number of aromatic nitrogens is 1. The van der Waals surface area contributed by atoms with Crippen molar-refractivity contribution in [3.8, 4) is 11.6 Å². The molecule has 3 rings (SSSR count). The quantitative estimate of drug-likeness (QED) is 0.702. The van der Waals surface area contributed by atoms with Crippen molar-refractivity contribution in [2.45, 2.75) is 38.9 Å². The Morgan fingerprint density at radius 1 is 1.21 bits per heavy atom. The van der Waals surface area contributed by atoms with Crippen molar-refractivity contribution in [1.29, 1.82) is 0 Å². The second-order valence-electron chi connectivity index (χ2n) is 7.84. The molecule has 1 fully saturated rings. The number of rotatable bonds is 6. The van der Waals surface area contributed by atoms with Crippen LogP contribution in [-0.2, 0) is 14.3 Å². The van der Waals surface area contributed by atoms with E-state index in [9.17, 15) is 4.79 Å². The van der Waals surface area contributed by atoms with Crippen LogP contribution in [0.2, 0.25) is 0 Å². The maximum Gasteiger partial charge on any atom is 0.307 e. The van der Waals surface area contributed by atoms with E-state index in [-0.39, 0.29) is 12.1 Å². The van der Waals surface area contributed by atoms with Crippen LogP contribution in [0.5, 0.6) is 11.6 Å². The Labute approximate surface area is 166 Å². The van der Waals surface area contributed by atoms with E-state index in [0.29, 0.717) is 25.5 Å². The Morgan fingerprint density at radius 3 is 2.68 bits per heavy atom. The summed E-state index contributed by atoms with van der Waals surface area (Å²) < 4.78 is 17.0. The molecular formula is C22H28N2O4. The molecule has 1 saturated heterocycles. The third-order valence-electron chi connectivity index (χ3n) is 4.31. The van der Waals surface area contributed by atoms with E-state index >= 15 is 0 Å². The summed E-state index contributed by atoms with van der Waals surface area (Å²) >= 11 is 0. The number of carbonyl (C=O) groups is 1. The lowest BCUT2D eigenvalue weighted by Crippen LogP contribution is -2.39. The Balaban J connectivity index is 1.51. The van der Waals surface area contributed by atoms with Crippen molar-refractivity contribution in [2.24, 2.45) is 0 Å². The zero-order chi connectivity index (χ0) is 20.0. The van der Waals surface area contributed by atoms with Crippen LogP contribution in [0.1, 0.15) is 38.9 Å². The topological polar surface area (TPSA) is 60.9 Å². The third-order valence-corrected chi connectivity index (χ3v) is 4.31. The third kappa shape index (κ3) is 6.32. The first-order valence-electron chi connectivity index (χ1n) is 9.64. The van der Waals surface area contributed by atoms with Crippen molar-refractivity contribution in [3.63, 3.8) is 0 Å². The fraction of sp³-hybridized carbons (Fsp3) is 0.455. The number of morpholine rings is 1. The van der Waals surface area contributed by atoms with Crippen molar-refractivity contribution in [2.75, 3.05) is 26.2 Å². The molecule has 28 heavy (non-hydrogen) atoms. The zero-order valence-electron chi connectivity index (χ0n) is 16.8. The van der Waals surface area contributed by atoms with Gasteiger partial charge in [-0.3, -0.25) is 9.69 Å². The molecule has 0 bridgehead atoms. The van der Waals surface area contributed by atoms with Crippen LogP contribution in [0.25, 0.3) is 0 Å². The summed E-state index contributed by atoms with van der Waals surface area (Å²) in [6, 6.07) is 13.4. The number of ether oxygens (including phenoxy) is 3. The predicted molar refractivity (Wildman–Crippen MR) is 106 cm³/mol. The molecule has 1 aromatic heterocycles. The van der Waals surface area contributed by atoms with Gasteiger partial charge in [0.15, 0.2) is 0 Å². The first-order chi connectivity index (χ1) is 13.4. The molecule has 0 amide bonds. The molecule has 150 valence electrons. The molecular weight excluding hydrogens is 356 g/mol. The predicted octanol–water partition coefficient (Wildman–Crippen LogP) is 3.98. The molecule has 2 heterocycles. The summed E-state index contributed by atoms with van der Waals surface area (Å²) in [4.78, 5) is 18.3. The number of hydrogen-bond acceptors (Lipinski definition) is 6. The van der Waals surface area contributed by atoms with Gasteiger partial charge < -0.3 is 14.2 Å². The second-order valence-corrected chi connectivity index (χ2v) is 7.84. The van der Waals surface area contributed by atoms with E-state index < -0.39 is 5.60 Å². The lowest BCUT2D eigenvalue weighted by molar-refractivity contribution is -0.155. The van der Waals surface area contributed by atoms with Crippen molar-refractivity contribution in [1.82, 2.24) is 9.88 Å². The highest BCUT2D eigenvalue weighted by molar-refractivity contribution is 5.70. The molecule has 6 nitrogen and oxygen atoms in total. The first kappa shape index (κ1) is 20.3. The molecule has 2 aromatic rings. The van der Waals surface area contributed by atoms with Crippen molar-refractivity contribution in [3.05, 3.63) is 54.2 Å². The van der Waals surface area contributed by atoms with Gasteiger partial charge in [-0.25, -0.2) is 4.98 Å². The van der Waals surface area contributed by atoms with Gasteiger partial charge in [0.2, 0.25) is 5.88 Å². The molecule has 0 aliphatic carbocycles. The minimum Gasteiger partial charge on any atom is -0.460 e. The number of esters is 1. The van der Waals surface area contributed by atoms with Gasteiger partial charge in [-0.15, -0.1) is 0 Å². The molecule has 1 unspecified atom stereocenters. The first-order valence-corrected chi connectivity index (χ1v) is 9.64. The summed E-state index contributed by atoms with van der Waals surface area (Å²) in [6.07, 6.45) is 2.07. The molecule has 1 atom stereocenters. The fourth-order valence-electron chi connectivity index (χ4n) is 3.03. The van der Waals surface area contributed by atoms with E-state index in [0.717, 1.165) is 24.4 Å². The smallest absolute Gasteiger partial charge is 0.307 e. The molecule has 1 aliphatic heterocycles. The highest BCUT2D eigenvalue weighted by Crippen LogP contribution is 2.26. The molecule has 0 N–H and O–H groups in total. The Bertz CT molecular complexity index is 756. The molecule has 6 heteroatoms. The fourth-order valence-corrected chi connectivity index (χ4v) is 3.03. The van der Waals surface area contributed by atoms with Gasteiger partial charge in [-0.05, 0) is 44.5 Å². The van der Waals surface area contributed by atoms with Gasteiger partial charge in [0.05, 0.1) is 19.1 Å². The molecule has 0 spiro atoms. The van der Waals surface area contributed by atoms with E-state index in [1.807, 2.05) is 63.2 Å². The average Bonchev–Trinajstić information content (AvgIpc) is 2.67. The summed E-state index contributed by atoms with van der Waals surface area (Å²) in [6.45, 7) is 8.55. The monoisotopic (exact) mass is 384 g/mol. The Hall–Kier alpha value is -2.44. The highest BCUT2D eigenvalue weighted by Gasteiger charge is 2.23. The van der Waals surface area contributed by atoms with Crippen molar-refractivity contribution < 1.29 is 19.0 Å². The number of hydrogen-bond donors (Lipinski definition) is 0. The maximum atomic E-state index is 11.9. The number of pyridine rings is 1. The molecule has 1 aromatic carbocycles. The SMILES string of the molecule is CC(C)(C)OC(=O)CCN1CCOC(c2ccc(Oc3ccccn3)cc2)C1. The normalized spacial score (nSPS) is 17.9. The summed E-state index contributed by atoms with van der Waals surface area (Å²) in [5.41, 5.74) is 0.652. The summed E-state index contributed by atoms with van der Waals surface area (Å²) in [5.74, 6) is 1.14. The molecule has 1 aliphatic rings. The second kappa shape index (κ2) is 9.17. The van der Waals surface area contributed by atoms with E-state index in [2.05, 4.69) is 9.88 Å². The Morgan fingerprint density at radius 2 is 2.00 bits per heavy atom. The Kier molecular flexibility index (Phi) is 6.65. The number of carbonyl (C=O) groups excluding carboxylic acids is 1. The minimum atomic E-state index is -0.441. The maximum absolute atomic E-state index is 11.9. The lowest BCUT2D eigenvalue weighted by atomic mass is 10.1. The van der Waals surface area contributed by atoms with Crippen LogP contribution in [0.4, 0.5) is 0 Å². The standard InChI is InChI=1S/C22H28N2O4/c1-22(2,3)28-21(25)11-13-24-14-15-26-19(16-24)17-7-9-18(10-8-17)27-20-6-4-5-12-23-20/h4-10,12,19H,11,13-16H2,1-3H3. The summed E-state index contributed by atoms with van der Waals surface area (Å²) in [5, 5.41) is 0.